The van der Waals surface area contributed by atoms with Gasteiger partial charge in [-0.05, 0) is 19.4 Å². The van der Waals surface area contributed by atoms with Crippen LogP contribution >= 0.6 is 0 Å². The van der Waals surface area contributed by atoms with Crippen LogP contribution in [-0.2, 0) is 0 Å². The highest BCUT2D eigenvalue weighted by molar-refractivity contribution is 5.08. The van der Waals surface area contributed by atoms with E-state index in [1.165, 1.54) is 0 Å². The molecule has 1 saturated carbocycles. The molecule has 0 aromatic heterocycles. The molecule has 3 unspecified atom stereocenters. The number of nitrogens with one attached hydrogen (secondary N) is 1. The first-order chi connectivity index (χ1) is 5.64. The summed E-state index contributed by atoms with van der Waals surface area (Å²) in [7, 11) is 0. The monoisotopic (exact) mass is 175 g/mol. The summed E-state index contributed by atoms with van der Waals surface area (Å²) in [6.45, 7) is 2.57. The maximum Gasteiger partial charge on any atom is 0.255 e. The lowest BCUT2D eigenvalue weighted by atomic mass is 10.00. The second-order valence-electron chi connectivity index (χ2n) is 4.05. The SMILES string of the molecule is CC1C(C2CCCCN2)C1(F)F. The molecular formula is C9H15F2N. The summed E-state index contributed by atoms with van der Waals surface area (Å²) < 4.78 is 25.9. The van der Waals surface area contributed by atoms with Crippen molar-refractivity contribution in [2.24, 2.45) is 11.8 Å². The molecule has 0 aromatic carbocycles. The number of halogens is 2. The molecule has 3 heteroatoms. The van der Waals surface area contributed by atoms with E-state index in [2.05, 4.69) is 5.32 Å². The molecule has 1 nitrogen and oxygen atoms in total. The van der Waals surface area contributed by atoms with Gasteiger partial charge in [0.2, 0.25) is 0 Å². The smallest absolute Gasteiger partial charge is 0.255 e. The fraction of sp³-hybridized carbons (Fsp3) is 1.00. The zero-order valence-corrected chi connectivity index (χ0v) is 7.32. The first kappa shape index (κ1) is 8.42. The number of rotatable bonds is 1. The number of hydrogen-bond donors (Lipinski definition) is 1. The fourth-order valence-electron chi connectivity index (χ4n) is 2.31. The predicted molar refractivity (Wildman–Crippen MR) is 43.2 cm³/mol. The molecule has 2 rings (SSSR count). The summed E-state index contributed by atoms with van der Waals surface area (Å²) in [5.41, 5.74) is 0. The molecule has 3 atom stereocenters. The molecule has 0 amide bonds. The van der Waals surface area contributed by atoms with Crippen LogP contribution in [0.4, 0.5) is 8.78 Å². The summed E-state index contributed by atoms with van der Waals surface area (Å²) in [6, 6.07) is 0.0868. The second kappa shape index (κ2) is 2.66. The van der Waals surface area contributed by atoms with Gasteiger partial charge in [0.05, 0.1) is 0 Å². The third-order valence-corrected chi connectivity index (χ3v) is 3.26. The molecule has 12 heavy (non-hydrogen) atoms. The lowest BCUT2D eigenvalue weighted by Crippen LogP contribution is -2.37. The zero-order valence-electron chi connectivity index (χ0n) is 7.32. The van der Waals surface area contributed by atoms with Gasteiger partial charge in [0.15, 0.2) is 0 Å². The molecule has 1 N–H and O–H groups in total. The summed E-state index contributed by atoms with van der Waals surface area (Å²) in [5, 5.41) is 3.19. The highest BCUT2D eigenvalue weighted by atomic mass is 19.3. The third kappa shape index (κ3) is 1.15. The molecular weight excluding hydrogens is 160 g/mol. The Morgan fingerprint density at radius 2 is 2.00 bits per heavy atom. The Hall–Kier alpha value is -0.180. The molecule has 0 aromatic rings. The summed E-state index contributed by atoms with van der Waals surface area (Å²) in [5.74, 6) is -3.15. The molecule has 1 aliphatic heterocycles. The van der Waals surface area contributed by atoms with E-state index < -0.39 is 11.8 Å². The van der Waals surface area contributed by atoms with Crippen LogP contribution in [0.3, 0.4) is 0 Å². The van der Waals surface area contributed by atoms with Crippen molar-refractivity contribution < 1.29 is 8.78 Å². The van der Waals surface area contributed by atoms with Crippen LogP contribution in [0.2, 0.25) is 0 Å². The van der Waals surface area contributed by atoms with Gasteiger partial charge in [-0.25, -0.2) is 8.78 Å². The average Bonchev–Trinajstić information content (AvgIpc) is 2.53. The normalized spacial score (nSPS) is 45.8. The number of alkyl halides is 2. The molecule has 1 aliphatic carbocycles. The quantitative estimate of drug-likeness (QED) is 0.643. The van der Waals surface area contributed by atoms with Gasteiger partial charge in [-0.2, -0.15) is 0 Å². The molecule has 2 aliphatic rings. The Morgan fingerprint density at radius 3 is 2.42 bits per heavy atom. The summed E-state index contributed by atoms with van der Waals surface area (Å²) in [4.78, 5) is 0. The van der Waals surface area contributed by atoms with E-state index in [4.69, 9.17) is 0 Å². The van der Waals surface area contributed by atoms with Gasteiger partial charge in [-0.15, -0.1) is 0 Å². The lowest BCUT2D eigenvalue weighted by molar-refractivity contribution is 0.0770. The zero-order chi connectivity index (χ0) is 8.77. The van der Waals surface area contributed by atoms with Crippen LogP contribution in [-0.4, -0.2) is 18.5 Å². The van der Waals surface area contributed by atoms with Crippen LogP contribution in [0, 0.1) is 11.8 Å². The number of piperidine rings is 1. The Bertz CT molecular complexity index is 175. The number of hydrogen-bond acceptors (Lipinski definition) is 1. The standard InChI is InChI=1S/C9H15F2N/c1-6-8(9(6,10)11)7-4-2-3-5-12-7/h6-8,12H,2-5H2,1H3. The van der Waals surface area contributed by atoms with E-state index in [0.717, 1.165) is 25.8 Å². The first-order valence-electron chi connectivity index (χ1n) is 4.75. The third-order valence-electron chi connectivity index (χ3n) is 3.26. The maximum absolute atomic E-state index is 12.9. The van der Waals surface area contributed by atoms with E-state index in [9.17, 15) is 8.78 Å². The summed E-state index contributed by atoms with van der Waals surface area (Å²) >= 11 is 0. The van der Waals surface area contributed by atoms with Crippen LogP contribution in [0.5, 0.6) is 0 Å². The van der Waals surface area contributed by atoms with Gasteiger partial charge in [0.1, 0.15) is 0 Å². The van der Waals surface area contributed by atoms with Gasteiger partial charge < -0.3 is 5.32 Å². The van der Waals surface area contributed by atoms with Crippen molar-refractivity contribution in [1.29, 1.82) is 0 Å². The van der Waals surface area contributed by atoms with Gasteiger partial charge in [-0.1, -0.05) is 13.3 Å². The van der Waals surface area contributed by atoms with Gasteiger partial charge in [-0.3, -0.25) is 0 Å². The molecule has 0 bridgehead atoms. The molecule has 0 spiro atoms. The van der Waals surface area contributed by atoms with Crippen LogP contribution in [0.15, 0.2) is 0 Å². The Kier molecular flexibility index (Phi) is 1.86. The minimum atomic E-state index is -2.38. The summed E-state index contributed by atoms with van der Waals surface area (Å²) in [6.07, 6.45) is 3.19. The molecule has 1 saturated heterocycles. The molecule has 2 fully saturated rings. The van der Waals surface area contributed by atoms with Crippen LogP contribution in [0.25, 0.3) is 0 Å². The van der Waals surface area contributed by atoms with E-state index >= 15 is 0 Å². The van der Waals surface area contributed by atoms with Crippen molar-refractivity contribution in [3.8, 4) is 0 Å². The van der Waals surface area contributed by atoms with Gasteiger partial charge in [0, 0.05) is 17.9 Å². The second-order valence-corrected chi connectivity index (χ2v) is 4.05. The first-order valence-corrected chi connectivity index (χ1v) is 4.75. The van der Waals surface area contributed by atoms with Crippen molar-refractivity contribution in [3.63, 3.8) is 0 Å². The van der Waals surface area contributed by atoms with E-state index in [1.54, 1.807) is 6.92 Å². The predicted octanol–water partition coefficient (Wildman–Crippen LogP) is 2.03. The molecule has 0 radical (unpaired) electrons. The Balaban J connectivity index is 1.93. The molecule has 70 valence electrons. The van der Waals surface area contributed by atoms with Crippen LogP contribution in [0.1, 0.15) is 26.2 Å². The highest BCUT2D eigenvalue weighted by Crippen LogP contribution is 2.57. The minimum Gasteiger partial charge on any atom is -0.313 e. The Labute approximate surface area is 71.5 Å². The topological polar surface area (TPSA) is 12.0 Å². The maximum atomic E-state index is 12.9. The fourth-order valence-corrected chi connectivity index (χ4v) is 2.31. The van der Waals surface area contributed by atoms with Crippen molar-refractivity contribution in [2.45, 2.75) is 38.2 Å². The van der Waals surface area contributed by atoms with Gasteiger partial charge in [0.25, 0.3) is 5.92 Å². The average molecular weight is 175 g/mol. The van der Waals surface area contributed by atoms with E-state index in [1.807, 2.05) is 0 Å². The van der Waals surface area contributed by atoms with E-state index in [-0.39, 0.29) is 12.0 Å². The Morgan fingerprint density at radius 1 is 1.33 bits per heavy atom. The largest absolute Gasteiger partial charge is 0.313 e. The van der Waals surface area contributed by atoms with Crippen molar-refractivity contribution in [1.82, 2.24) is 5.32 Å². The van der Waals surface area contributed by atoms with Crippen molar-refractivity contribution in [3.05, 3.63) is 0 Å². The van der Waals surface area contributed by atoms with Gasteiger partial charge >= 0.3 is 0 Å². The van der Waals surface area contributed by atoms with Crippen molar-refractivity contribution >= 4 is 0 Å². The molecule has 1 heterocycles. The van der Waals surface area contributed by atoms with Crippen molar-refractivity contribution in [2.75, 3.05) is 6.54 Å². The minimum absolute atomic E-state index is 0.0868. The highest BCUT2D eigenvalue weighted by Gasteiger charge is 2.67. The van der Waals surface area contributed by atoms with Crippen LogP contribution < -0.4 is 5.32 Å². The lowest BCUT2D eigenvalue weighted by Gasteiger charge is -2.23. The van der Waals surface area contributed by atoms with E-state index in [0.29, 0.717) is 0 Å².